The first-order chi connectivity index (χ1) is 11.9. The van der Waals surface area contributed by atoms with Gasteiger partial charge in [0.05, 0.1) is 17.7 Å². The lowest BCUT2D eigenvalue weighted by Crippen LogP contribution is -2.15. The molecule has 9 heteroatoms. The van der Waals surface area contributed by atoms with E-state index in [-0.39, 0.29) is 10.7 Å². The van der Waals surface area contributed by atoms with Crippen LogP contribution in [-0.4, -0.2) is 35.3 Å². The van der Waals surface area contributed by atoms with Crippen LogP contribution in [0.2, 0.25) is 0 Å². The largest absolute Gasteiger partial charge is 0.497 e. The second kappa shape index (κ2) is 6.52. The number of hydrogen-bond acceptors (Lipinski definition) is 6. The predicted molar refractivity (Wildman–Crippen MR) is 92.4 cm³/mol. The minimum atomic E-state index is -3.80. The third-order valence-electron chi connectivity index (χ3n) is 3.47. The van der Waals surface area contributed by atoms with Crippen molar-refractivity contribution in [3.63, 3.8) is 0 Å². The van der Waals surface area contributed by atoms with Crippen molar-refractivity contribution in [1.29, 1.82) is 0 Å². The van der Waals surface area contributed by atoms with Gasteiger partial charge in [0.1, 0.15) is 17.9 Å². The normalized spacial score (nSPS) is 11.3. The van der Waals surface area contributed by atoms with Crippen molar-refractivity contribution >= 4 is 15.8 Å². The molecule has 0 saturated heterocycles. The summed E-state index contributed by atoms with van der Waals surface area (Å²) in [5, 5.41) is 4.33. The Morgan fingerprint density at radius 1 is 1.12 bits per heavy atom. The average molecular weight is 359 g/mol. The fourth-order valence-corrected chi connectivity index (χ4v) is 3.38. The van der Waals surface area contributed by atoms with Crippen LogP contribution in [0.4, 0.5) is 5.82 Å². The Kier molecular flexibility index (Phi) is 4.41. The van der Waals surface area contributed by atoms with Crippen LogP contribution in [0.15, 0.2) is 47.6 Å². The van der Waals surface area contributed by atoms with Crippen molar-refractivity contribution in [2.24, 2.45) is 0 Å². The number of nitrogens with one attached hydrogen (secondary N) is 1. The molecule has 0 aliphatic rings. The molecule has 3 aromatic rings. The number of aromatic nitrogens is 4. The highest BCUT2D eigenvalue weighted by Gasteiger charge is 2.16. The highest BCUT2D eigenvalue weighted by molar-refractivity contribution is 7.92. The summed E-state index contributed by atoms with van der Waals surface area (Å²) in [6.07, 6.45) is 1.29. The molecule has 0 aliphatic carbocycles. The highest BCUT2D eigenvalue weighted by Crippen LogP contribution is 2.20. The standard InChI is InChI=1S/C16H17N5O3S/c1-11-7-12(2)21(19-11)16-9-15(17-10-18-16)20-25(22,23)14-6-4-5-13(8-14)24-3/h4-10H,1-3H3,(H,17,18,20). The van der Waals surface area contributed by atoms with Crippen LogP contribution in [0.25, 0.3) is 5.82 Å². The molecule has 1 aromatic carbocycles. The van der Waals surface area contributed by atoms with Crippen LogP contribution in [0.1, 0.15) is 11.4 Å². The topological polar surface area (TPSA) is 99.0 Å². The lowest BCUT2D eigenvalue weighted by Gasteiger charge is -2.10. The van der Waals surface area contributed by atoms with Crippen LogP contribution < -0.4 is 9.46 Å². The van der Waals surface area contributed by atoms with E-state index in [2.05, 4.69) is 19.8 Å². The van der Waals surface area contributed by atoms with Crippen LogP contribution in [0, 0.1) is 13.8 Å². The Labute approximate surface area is 145 Å². The number of hydrogen-bond donors (Lipinski definition) is 1. The maximum absolute atomic E-state index is 12.5. The zero-order valence-corrected chi connectivity index (χ0v) is 14.8. The summed E-state index contributed by atoms with van der Waals surface area (Å²) in [4.78, 5) is 8.21. The zero-order valence-electron chi connectivity index (χ0n) is 14.0. The van der Waals surface area contributed by atoms with E-state index in [4.69, 9.17) is 4.74 Å². The molecular weight excluding hydrogens is 342 g/mol. The quantitative estimate of drug-likeness (QED) is 0.749. The maximum Gasteiger partial charge on any atom is 0.263 e. The van der Waals surface area contributed by atoms with E-state index in [1.54, 1.807) is 16.8 Å². The zero-order chi connectivity index (χ0) is 18.0. The van der Waals surface area contributed by atoms with E-state index < -0.39 is 10.0 Å². The molecule has 0 spiro atoms. The molecule has 8 nitrogen and oxygen atoms in total. The van der Waals surface area contributed by atoms with E-state index in [9.17, 15) is 8.42 Å². The molecule has 0 atom stereocenters. The molecule has 0 bridgehead atoms. The fourth-order valence-electron chi connectivity index (χ4n) is 2.34. The first-order valence-electron chi connectivity index (χ1n) is 7.41. The minimum absolute atomic E-state index is 0.0816. The molecule has 0 amide bonds. The van der Waals surface area contributed by atoms with Gasteiger partial charge in [-0.25, -0.2) is 23.1 Å². The number of benzene rings is 1. The number of anilines is 1. The summed E-state index contributed by atoms with van der Waals surface area (Å²) >= 11 is 0. The summed E-state index contributed by atoms with van der Waals surface area (Å²) in [5.74, 6) is 1.08. The Morgan fingerprint density at radius 2 is 1.92 bits per heavy atom. The van der Waals surface area contributed by atoms with Gasteiger partial charge in [-0.1, -0.05) is 6.07 Å². The third kappa shape index (κ3) is 3.61. The Balaban J connectivity index is 1.92. The van der Waals surface area contributed by atoms with Crippen molar-refractivity contribution in [3.8, 4) is 11.6 Å². The maximum atomic E-state index is 12.5. The Hall–Kier alpha value is -2.94. The number of aryl methyl sites for hydroxylation is 2. The lowest BCUT2D eigenvalue weighted by atomic mass is 10.3. The molecule has 2 heterocycles. The summed E-state index contributed by atoms with van der Waals surface area (Å²) < 4.78 is 34.2. The van der Waals surface area contributed by atoms with E-state index >= 15 is 0 Å². The van der Waals surface area contributed by atoms with Crippen LogP contribution >= 0.6 is 0 Å². The first-order valence-corrected chi connectivity index (χ1v) is 8.90. The molecule has 1 N–H and O–H groups in total. The molecule has 3 rings (SSSR count). The Morgan fingerprint density at radius 3 is 2.60 bits per heavy atom. The molecule has 25 heavy (non-hydrogen) atoms. The van der Waals surface area contributed by atoms with Gasteiger partial charge in [-0.05, 0) is 32.0 Å². The van der Waals surface area contributed by atoms with Crippen LogP contribution in [-0.2, 0) is 10.0 Å². The van der Waals surface area contributed by atoms with E-state index in [1.165, 1.54) is 31.6 Å². The summed E-state index contributed by atoms with van der Waals surface area (Å²) in [5.41, 5.74) is 1.73. The minimum Gasteiger partial charge on any atom is -0.497 e. The van der Waals surface area contributed by atoms with Crippen molar-refractivity contribution < 1.29 is 13.2 Å². The molecule has 0 radical (unpaired) electrons. The third-order valence-corrected chi connectivity index (χ3v) is 4.82. The number of methoxy groups -OCH3 is 1. The lowest BCUT2D eigenvalue weighted by molar-refractivity contribution is 0.413. The molecule has 0 unspecified atom stereocenters. The first kappa shape index (κ1) is 16.9. The van der Waals surface area contributed by atoms with E-state index in [1.807, 2.05) is 19.9 Å². The molecular formula is C16H17N5O3S. The SMILES string of the molecule is COc1cccc(S(=O)(=O)Nc2cc(-n3nc(C)cc3C)ncn2)c1. The molecule has 0 saturated carbocycles. The fraction of sp³-hybridized carbons (Fsp3) is 0.188. The highest BCUT2D eigenvalue weighted by atomic mass is 32.2. The monoisotopic (exact) mass is 359 g/mol. The van der Waals surface area contributed by atoms with Crippen molar-refractivity contribution in [2.45, 2.75) is 18.7 Å². The van der Waals surface area contributed by atoms with Crippen molar-refractivity contribution in [2.75, 3.05) is 11.8 Å². The number of sulfonamides is 1. The van der Waals surface area contributed by atoms with Crippen molar-refractivity contribution in [3.05, 3.63) is 54.1 Å². The van der Waals surface area contributed by atoms with E-state index in [0.717, 1.165) is 11.4 Å². The van der Waals surface area contributed by atoms with Gasteiger partial charge in [-0.15, -0.1) is 0 Å². The van der Waals surface area contributed by atoms with E-state index in [0.29, 0.717) is 11.6 Å². The average Bonchev–Trinajstić information content (AvgIpc) is 2.93. The number of ether oxygens (including phenoxy) is 1. The molecule has 0 fully saturated rings. The van der Waals surface area contributed by atoms with Crippen LogP contribution in [0.5, 0.6) is 5.75 Å². The smallest absolute Gasteiger partial charge is 0.263 e. The summed E-state index contributed by atoms with van der Waals surface area (Å²) in [6, 6.07) is 9.62. The van der Waals surface area contributed by atoms with Gasteiger partial charge in [-0.2, -0.15) is 5.10 Å². The molecule has 2 aromatic heterocycles. The molecule has 130 valence electrons. The van der Waals surface area contributed by atoms with Crippen molar-refractivity contribution in [1.82, 2.24) is 19.7 Å². The Bertz CT molecular complexity index is 1010. The van der Waals surface area contributed by atoms with Gasteiger partial charge in [-0.3, -0.25) is 4.72 Å². The number of rotatable bonds is 5. The van der Waals surface area contributed by atoms with Gasteiger partial charge in [0.15, 0.2) is 5.82 Å². The second-order valence-electron chi connectivity index (χ2n) is 5.38. The summed E-state index contributed by atoms with van der Waals surface area (Å²) in [7, 11) is -2.32. The van der Waals surface area contributed by atoms with Gasteiger partial charge in [0.25, 0.3) is 10.0 Å². The second-order valence-corrected chi connectivity index (χ2v) is 7.07. The summed E-state index contributed by atoms with van der Waals surface area (Å²) in [6.45, 7) is 3.76. The van der Waals surface area contributed by atoms with Gasteiger partial charge in [0, 0.05) is 17.8 Å². The molecule has 0 aliphatic heterocycles. The van der Waals surface area contributed by atoms with Crippen LogP contribution in [0.3, 0.4) is 0 Å². The number of nitrogens with zero attached hydrogens (tertiary/aromatic N) is 4. The van der Waals surface area contributed by atoms with Gasteiger partial charge < -0.3 is 4.74 Å². The predicted octanol–water partition coefficient (Wildman–Crippen LogP) is 2.09. The van der Waals surface area contributed by atoms with Gasteiger partial charge in [0.2, 0.25) is 0 Å². The van der Waals surface area contributed by atoms with Gasteiger partial charge >= 0.3 is 0 Å².